The van der Waals surface area contributed by atoms with Crippen LogP contribution in [0.4, 0.5) is 0 Å². The van der Waals surface area contributed by atoms with E-state index in [-0.39, 0.29) is 0 Å². The molecule has 2 nitrogen and oxygen atoms in total. The molecule has 1 N–H and O–H groups in total. The highest BCUT2D eigenvalue weighted by Gasteiger charge is 2.28. The molecule has 1 saturated carbocycles. The van der Waals surface area contributed by atoms with Gasteiger partial charge >= 0.3 is 0 Å². The lowest BCUT2D eigenvalue weighted by molar-refractivity contribution is -0.0264. The van der Waals surface area contributed by atoms with Crippen LogP contribution in [0.1, 0.15) is 52.4 Å². The largest absolute Gasteiger partial charge is 0.378 e. The summed E-state index contributed by atoms with van der Waals surface area (Å²) in [5, 5.41) is 4.82. The summed E-state index contributed by atoms with van der Waals surface area (Å²) >= 11 is 2.05. The van der Waals surface area contributed by atoms with Gasteiger partial charge in [-0.2, -0.15) is 11.8 Å². The molecule has 0 amide bonds. The minimum atomic E-state index is 0.471. The highest BCUT2D eigenvalue weighted by atomic mass is 32.2. The average Bonchev–Trinajstić information content (AvgIpc) is 2.40. The third-order valence-electron chi connectivity index (χ3n) is 4.54. The smallest absolute Gasteiger partial charge is 0.0612 e. The standard InChI is InChI=1S/C15H29NOS/c1-11(2)15-10-13(8-9-17-15)16-12-4-6-14(18-3)7-5-12/h11-16H,4-10H2,1-3H3. The first-order valence-electron chi connectivity index (χ1n) is 7.59. The van der Waals surface area contributed by atoms with Crippen molar-refractivity contribution in [3.05, 3.63) is 0 Å². The zero-order chi connectivity index (χ0) is 13.0. The zero-order valence-corrected chi connectivity index (χ0v) is 13.0. The van der Waals surface area contributed by atoms with E-state index in [0.29, 0.717) is 18.1 Å². The van der Waals surface area contributed by atoms with Crippen molar-refractivity contribution in [1.29, 1.82) is 0 Å². The Hall–Kier alpha value is 0.270. The molecule has 0 aromatic heterocycles. The summed E-state index contributed by atoms with van der Waals surface area (Å²) in [6.45, 7) is 5.49. The Morgan fingerprint density at radius 2 is 1.78 bits per heavy atom. The number of thioether (sulfide) groups is 1. The topological polar surface area (TPSA) is 21.3 Å². The maximum atomic E-state index is 5.85. The Labute approximate surface area is 117 Å². The Balaban J connectivity index is 1.73. The predicted molar refractivity (Wildman–Crippen MR) is 80.3 cm³/mol. The highest BCUT2D eigenvalue weighted by Crippen LogP contribution is 2.28. The molecule has 0 aromatic carbocycles. The van der Waals surface area contributed by atoms with E-state index in [1.807, 2.05) is 0 Å². The van der Waals surface area contributed by atoms with Crippen LogP contribution in [0.2, 0.25) is 0 Å². The van der Waals surface area contributed by atoms with Gasteiger partial charge in [-0.3, -0.25) is 0 Å². The number of ether oxygens (including phenoxy) is 1. The second-order valence-electron chi connectivity index (χ2n) is 6.25. The summed E-state index contributed by atoms with van der Waals surface area (Å²) in [4.78, 5) is 0. The predicted octanol–water partition coefficient (Wildman–Crippen LogP) is 3.45. The van der Waals surface area contributed by atoms with E-state index in [0.717, 1.165) is 17.9 Å². The first-order valence-corrected chi connectivity index (χ1v) is 8.88. The molecule has 2 atom stereocenters. The Morgan fingerprint density at radius 3 is 2.39 bits per heavy atom. The summed E-state index contributed by atoms with van der Waals surface area (Å²) < 4.78 is 5.85. The van der Waals surface area contributed by atoms with Gasteiger partial charge in [-0.05, 0) is 50.7 Å². The van der Waals surface area contributed by atoms with Crippen LogP contribution in [0.25, 0.3) is 0 Å². The molecule has 1 heterocycles. The Morgan fingerprint density at radius 1 is 1.06 bits per heavy atom. The molecule has 0 bridgehead atoms. The fourth-order valence-corrected chi connectivity index (χ4v) is 3.99. The van der Waals surface area contributed by atoms with E-state index < -0.39 is 0 Å². The number of hydrogen-bond acceptors (Lipinski definition) is 3. The van der Waals surface area contributed by atoms with Gasteiger partial charge in [0.1, 0.15) is 0 Å². The summed E-state index contributed by atoms with van der Waals surface area (Å²) in [7, 11) is 0. The molecule has 2 unspecified atom stereocenters. The van der Waals surface area contributed by atoms with Crippen LogP contribution < -0.4 is 5.32 Å². The maximum absolute atomic E-state index is 5.85. The normalized spacial score (nSPS) is 38.0. The lowest BCUT2D eigenvalue weighted by Crippen LogP contribution is -2.46. The van der Waals surface area contributed by atoms with Gasteiger partial charge in [0.25, 0.3) is 0 Å². The van der Waals surface area contributed by atoms with Gasteiger partial charge in [0.2, 0.25) is 0 Å². The fourth-order valence-electron chi connectivity index (χ4n) is 3.24. The molecule has 1 saturated heterocycles. The SMILES string of the molecule is CSC1CCC(NC2CCOC(C(C)C)C2)CC1. The van der Waals surface area contributed by atoms with Crippen molar-refractivity contribution in [3.63, 3.8) is 0 Å². The molecule has 0 radical (unpaired) electrons. The van der Waals surface area contributed by atoms with E-state index in [2.05, 4.69) is 37.2 Å². The summed E-state index contributed by atoms with van der Waals surface area (Å²) in [6, 6.07) is 1.46. The molecule has 3 heteroatoms. The van der Waals surface area contributed by atoms with Crippen LogP contribution >= 0.6 is 11.8 Å². The van der Waals surface area contributed by atoms with Gasteiger partial charge < -0.3 is 10.1 Å². The lowest BCUT2D eigenvalue weighted by atomic mass is 9.91. The van der Waals surface area contributed by atoms with Crippen molar-refractivity contribution < 1.29 is 4.74 Å². The van der Waals surface area contributed by atoms with Gasteiger partial charge in [-0.15, -0.1) is 0 Å². The van der Waals surface area contributed by atoms with Crippen molar-refractivity contribution in [2.75, 3.05) is 12.9 Å². The van der Waals surface area contributed by atoms with Crippen molar-refractivity contribution in [2.24, 2.45) is 5.92 Å². The molecule has 106 valence electrons. The van der Waals surface area contributed by atoms with Gasteiger partial charge in [-0.1, -0.05) is 13.8 Å². The molecule has 1 aliphatic heterocycles. The second kappa shape index (κ2) is 7.16. The van der Waals surface area contributed by atoms with Crippen LogP contribution in [-0.4, -0.2) is 36.3 Å². The molecule has 0 spiro atoms. The van der Waals surface area contributed by atoms with Crippen molar-refractivity contribution in [1.82, 2.24) is 5.32 Å². The molecule has 18 heavy (non-hydrogen) atoms. The average molecular weight is 271 g/mol. The van der Waals surface area contributed by atoms with Gasteiger partial charge in [0.15, 0.2) is 0 Å². The molecule has 2 fully saturated rings. The fraction of sp³-hybridized carbons (Fsp3) is 1.00. The number of hydrogen-bond donors (Lipinski definition) is 1. The zero-order valence-electron chi connectivity index (χ0n) is 12.2. The Bertz CT molecular complexity index is 239. The third kappa shape index (κ3) is 4.14. The molecule has 2 aliphatic rings. The minimum absolute atomic E-state index is 0.471. The second-order valence-corrected chi connectivity index (χ2v) is 7.39. The van der Waals surface area contributed by atoms with Gasteiger partial charge in [0.05, 0.1) is 6.10 Å². The van der Waals surface area contributed by atoms with E-state index >= 15 is 0 Å². The van der Waals surface area contributed by atoms with Crippen LogP contribution in [0.15, 0.2) is 0 Å². The van der Waals surface area contributed by atoms with Crippen LogP contribution in [-0.2, 0) is 4.74 Å². The number of rotatable bonds is 4. The lowest BCUT2D eigenvalue weighted by Gasteiger charge is -2.36. The molecule has 0 aromatic rings. The number of nitrogens with one attached hydrogen (secondary N) is 1. The molecule has 2 rings (SSSR count). The first-order chi connectivity index (χ1) is 8.69. The summed E-state index contributed by atoms with van der Waals surface area (Å²) in [5.41, 5.74) is 0. The van der Waals surface area contributed by atoms with Crippen molar-refractivity contribution in [2.45, 2.75) is 75.8 Å². The van der Waals surface area contributed by atoms with Crippen molar-refractivity contribution in [3.8, 4) is 0 Å². The summed E-state index contributed by atoms with van der Waals surface area (Å²) in [6.07, 6.45) is 10.7. The quantitative estimate of drug-likeness (QED) is 0.846. The Kier molecular flexibility index (Phi) is 5.84. The molecular weight excluding hydrogens is 242 g/mol. The van der Waals surface area contributed by atoms with Gasteiger partial charge in [0, 0.05) is 23.9 Å². The highest BCUT2D eigenvalue weighted by molar-refractivity contribution is 7.99. The maximum Gasteiger partial charge on any atom is 0.0612 e. The molecular formula is C15H29NOS. The van der Waals surface area contributed by atoms with E-state index in [1.165, 1.54) is 38.5 Å². The minimum Gasteiger partial charge on any atom is -0.378 e. The van der Waals surface area contributed by atoms with Gasteiger partial charge in [-0.25, -0.2) is 0 Å². The van der Waals surface area contributed by atoms with E-state index in [1.54, 1.807) is 0 Å². The molecule has 1 aliphatic carbocycles. The van der Waals surface area contributed by atoms with E-state index in [9.17, 15) is 0 Å². The van der Waals surface area contributed by atoms with E-state index in [4.69, 9.17) is 4.74 Å². The van der Waals surface area contributed by atoms with Crippen LogP contribution in [0.5, 0.6) is 0 Å². The third-order valence-corrected chi connectivity index (χ3v) is 5.68. The monoisotopic (exact) mass is 271 g/mol. The first kappa shape index (κ1) is 14.7. The summed E-state index contributed by atoms with van der Waals surface area (Å²) in [5.74, 6) is 0.654. The van der Waals surface area contributed by atoms with Crippen LogP contribution in [0.3, 0.4) is 0 Å². The van der Waals surface area contributed by atoms with Crippen molar-refractivity contribution >= 4 is 11.8 Å². The van der Waals surface area contributed by atoms with Crippen LogP contribution in [0, 0.1) is 5.92 Å².